The van der Waals surface area contributed by atoms with E-state index in [0.717, 1.165) is 12.8 Å². The number of ether oxygens (including phenoxy) is 1. The van der Waals surface area contributed by atoms with Gasteiger partial charge in [0.1, 0.15) is 0 Å². The van der Waals surface area contributed by atoms with Gasteiger partial charge in [0, 0.05) is 0 Å². The summed E-state index contributed by atoms with van der Waals surface area (Å²) in [5.41, 5.74) is -0.540. The van der Waals surface area contributed by atoms with E-state index in [1.54, 1.807) is 13.8 Å². The fraction of sp³-hybridized carbons (Fsp3) is 0.889. The number of carboxylic acids is 1. The highest BCUT2D eigenvalue weighted by Crippen LogP contribution is 2.25. The van der Waals surface area contributed by atoms with Gasteiger partial charge in [-0.05, 0) is 11.8 Å². The molecular formula is C18H34O4. The van der Waals surface area contributed by atoms with Gasteiger partial charge in [-0.3, -0.25) is 9.59 Å². The van der Waals surface area contributed by atoms with Crippen molar-refractivity contribution in [2.75, 3.05) is 6.61 Å². The number of carbonyl (C=O) groups is 2. The molecule has 0 heterocycles. The van der Waals surface area contributed by atoms with Gasteiger partial charge in [0.25, 0.3) is 0 Å². The monoisotopic (exact) mass is 314 g/mol. The van der Waals surface area contributed by atoms with E-state index >= 15 is 0 Å². The van der Waals surface area contributed by atoms with Crippen LogP contribution in [0.15, 0.2) is 0 Å². The Hall–Kier alpha value is -1.06. The molecule has 0 fully saturated rings. The van der Waals surface area contributed by atoms with Crippen molar-refractivity contribution in [3.63, 3.8) is 0 Å². The number of carbonyl (C=O) groups excluding carboxylic acids is 1. The first-order valence-electron chi connectivity index (χ1n) is 8.75. The Bertz CT molecular complexity index is 310. The van der Waals surface area contributed by atoms with Crippen molar-refractivity contribution < 1.29 is 19.4 Å². The van der Waals surface area contributed by atoms with Gasteiger partial charge in [-0.1, -0.05) is 72.1 Å². The second kappa shape index (κ2) is 12.5. The lowest BCUT2D eigenvalue weighted by Crippen LogP contribution is -2.22. The molecule has 22 heavy (non-hydrogen) atoms. The second-order valence-electron chi connectivity index (χ2n) is 6.96. The Kier molecular flexibility index (Phi) is 11.9. The first kappa shape index (κ1) is 20.9. The van der Waals surface area contributed by atoms with Crippen molar-refractivity contribution in [1.82, 2.24) is 0 Å². The van der Waals surface area contributed by atoms with Gasteiger partial charge in [-0.15, -0.1) is 0 Å². The second-order valence-corrected chi connectivity index (χ2v) is 6.96. The molecule has 0 saturated heterocycles. The number of esters is 1. The SMILES string of the molecule is CCCCCCCCCCCOC(=O)CC(C)(C)CC(=O)O. The highest BCUT2D eigenvalue weighted by Gasteiger charge is 2.25. The minimum Gasteiger partial charge on any atom is -0.481 e. The third-order valence-electron chi connectivity index (χ3n) is 3.76. The maximum atomic E-state index is 11.7. The average molecular weight is 314 g/mol. The zero-order valence-electron chi connectivity index (χ0n) is 14.7. The van der Waals surface area contributed by atoms with Crippen LogP contribution in [0.4, 0.5) is 0 Å². The van der Waals surface area contributed by atoms with E-state index in [1.165, 1.54) is 44.9 Å². The van der Waals surface area contributed by atoms with Gasteiger partial charge in [0.15, 0.2) is 0 Å². The van der Waals surface area contributed by atoms with Crippen LogP contribution in [0.3, 0.4) is 0 Å². The standard InChI is InChI=1S/C18H34O4/c1-4-5-6-7-8-9-10-11-12-13-22-17(21)15-18(2,3)14-16(19)20/h4-15H2,1-3H3,(H,19,20). The van der Waals surface area contributed by atoms with Crippen molar-refractivity contribution in [3.8, 4) is 0 Å². The zero-order chi connectivity index (χ0) is 16.8. The number of carboxylic acid groups (broad SMARTS) is 1. The summed E-state index contributed by atoms with van der Waals surface area (Å²) in [6, 6.07) is 0. The average Bonchev–Trinajstić information content (AvgIpc) is 2.38. The van der Waals surface area contributed by atoms with E-state index in [-0.39, 0.29) is 18.8 Å². The number of hydrogen-bond acceptors (Lipinski definition) is 3. The molecule has 1 N–H and O–H groups in total. The molecule has 0 aromatic carbocycles. The van der Waals surface area contributed by atoms with Crippen LogP contribution in [0.2, 0.25) is 0 Å². The summed E-state index contributed by atoms with van der Waals surface area (Å²) < 4.78 is 5.19. The molecule has 0 aliphatic heterocycles. The van der Waals surface area contributed by atoms with Gasteiger partial charge in [-0.2, -0.15) is 0 Å². The van der Waals surface area contributed by atoms with Crippen molar-refractivity contribution in [2.45, 2.75) is 91.4 Å². The van der Waals surface area contributed by atoms with Crippen LogP contribution in [0.1, 0.15) is 91.4 Å². The molecule has 0 aromatic rings. The van der Waals surface area contributed by atoms with E-state index in [2.05, 4.69) is 6.92 Å². The summed E-state index contributed by atoms with van der Waals surface area (Å²) in [5, 5.41) is 8.77. The molecule has 0 saturated carbocycles. The van der Waals surface area contributed by atoms with Crippen LogP contribution >= 0.6 is 0 Å². The topological polar surface area (TPSA) is 63.6 Å². The molecule has 0 aromatic heterocycles. The van der Waals surface area contributed by atoms with Gasteiger partial charge < -0.3 is 9.84 Å². The first-order chi connectivity index (χ1) is 10.4. The summed E-state index contributed by atoms with van der Waals surface area (Å²) >= 11 is 0. The molecule has 0 spiro atoms. The maximum Gasteiger partial charge on any atom is 0.306 e. The lowest BCUT2D eigenvalue weighted by Gasteiger charge is -2.20. The smallest absolute Gasteiger partial charge is 0.306 e. The van der Waals surface area contributed by atoms with Crippen LogP contribution < -0.4 is 0 Å². The molecule has 130 valence electrons. The molecule has 0 rings (SSSR count). The molecule has 4 heteroatoms. The lowest BCUT2D eigenvalue weighted by molar-refractivity contribution is -0.147. The van der Waals surface area contributed by atoms with Gasteiger partial charge in [0.2, 0.25) is 0 Å². The highest BCUT2D eigenvalue weighted by atomic mass is 16.5. The summed E-state index contributed by atoms with van der Waals surface area (Å²) in [6.07, 6.45) is 11.2. The molecule has 0 aliphatic rings. The Morgan fingerprint density at radius 1 is 0.864 bits per heavy atom. The van der Waals surface area contributed by atoms with E-state index < -0.39 is 11.4 Å². The predicted octanol–water partition coefficient (Wildman–Crippen LogP) is 4.95. The van der Waals surface area contributed by atoms with Crippen LogP contribution in [0.25, 0.3) is 0 Å². The van der Waals surface area contributed by atoms with E-state index in [0.29, 0.717) is 6.61 Å². The Morgan fingerprint density at radius 3 is 1.86 bits per heavy atom. The molecular weight excluding hydrogens is 280 g/mol. The number of unbranched alkanes of at least 4 members (excludes halogenated alkanes) is 8. The molecule has 4 nitrogen and oxygen atoms in total. The molecule has 0 bridgehead atoms. The molecule has 0 aliphatic carbocycles. The Labute approximate surface area is 135 Å². The first-order valence-corrected chi connectivity index (χ1v) is 8.75. The minimum absolute atomic E-state index is 0.0138. The van der Waals surface area contributed by atoms with Gasteiger partial charge in [-0.25, -0.2) is 0 Å². The van der Waals surface area contributed by atoms with E-state index in [1.807, 2.05) is 0 Å². The highest BCUT2D eigenvalue weighted by molar-refractivity contribution is 5.73. The fourth-order valence-corrected chi connectivity index (χ4v) is 2.51. The lowest BCUT2D eigenvalue weighted by atomic mass is 9.86. The third kappa shape index (κ3) is 13.9. The van der Waals surface area contributed by atoms with E-state index in [4.69, 9.17) is 9.84 Å². The van der Waals surface area contributed by atoms with Gasteiger partial charge >= 0.3 is 11.9 Å². The van der Waals surface area contributed by atoms with Crippen LogP contribution in [-0.4, -0.2) is 23.7 Å². The predicted molar refractivity (Wildman–Crippen MR) is 88.8 cm³/mol. The quantitative estimate of drug-likeness (QED) is 0.364. The summed E-state index contributed by atoms with van der Waals surface area (Å²) in [4.78, 5) is 22.3. The van der Waals surface area contributed by atoms with Crippen molar-refractivity contribution >= 4 is 11.9 Å². The number of rotatable bonds is 14. The molecule has 0 amide bonds. The van der Waals surface area contributed by atoms with Crippen molar-refractivity contribution in [2.24, 2.45) is 5.41 Å². The zero-order valence-corrected chi connectivity index (χ0v) is 14.7. The van der Waals surface area contributed by atoms with Gasteiger partial charge in [0.05, 0.1) is 19.4 Å². The maximum absolute atomic E-state index is 11.7. The van der Waals surface area contributed by atoms with E-state index in [9.17, 15) is 9.59 Å². The summed E-state index contributed by atoms with van der Waals surface area (Å²) in [6.45, 7) is 6.24. The Balaban J connectivity index is 3.47. The summed E-state index contributed by atoms with van der Waals surface area (Å²) in [7, 11) is 0. The largest absolute Gasteiger partial charge is 0.481 e. The number of aliphatic carboxylic acids is 1. The normalized spacial score (nSPS) is 11.4. The van der Waals surface area contributed by atoms with Crippen LogP contribution in [-0.2, 0) is 14.3 Å². The molecule has 0 unspecified atom stereocenters. The fourth-order valence-electron chi connectivity index (χ4n) is 2.51. The van der Waals surface area contributed by atoms with Crippen LogP contribution in [0, 0.1) is 5.41 Å². The van der Waals surface area contributed by atoms with Crippen molar-refractivity contribution in [1.29, 1.82) is 0 Å². The molecule has 0 atom stereocenters. The van der Waals surface area contributed by atoms with Crippen molar-refractivity contribution in [3.05, 3.63) is 0 Å². The minimum atomic E-state index is -0.878. The molecule has 0 radical (unpaired) electrons. The summed E-state index contributed by atoms with van der Waals surface area (Å²) in [5.74, 6) is -1.16. The van der Waals surface area contributed by atoms with Crippen LogP contribution in [0.5, 0.6) is 0 Å². The Morgan fingerprint density at radius 2 is 1.36 bits per heavy atom. The third-order valence-corrected chi connectivity index (χ3v) is 3.76. The number of hydrogen-bond donors (Lipinski definition) is 1.